The standard InChI is InChI=1S/C15H14ClN5O4S/c1-8-6-7-21-14(17-8)18-15(19-21)26(23,24)20-12-9(2)11(16)5-4-10(12)13(22)25-3/h4-7,20H,1-3H3. The summed E-state index contributed by atoms with van der Waals surface area (Å²) in [5, 5.41) is 3.72. The number of aryl methyl sites for hydroxylation is 1. The number of methoxy groups -OCH3 is 1. The van der Waals surface area contributed by atoms with Gasteiger partial charge in [0.1, 0.15) is 0 Å². The monoisotopic (exact) mass is 395 g/mol. The molecule has 11 heteroatoms. The number of anilines is 1. The van der Waals surface area contributed by atoms with Gasteiger partial charge in [-0.2, -0.15) is 13.4 Å². The van der Waals surface area contributed by atoms with E-state index in [-0.39, 0.29) is 22.1 Å². The largest absolute Gasteiger partial charge is 0.465 e. The maximum absolute atomic E-state index is 12.7. The number of nitrogens with zero attached hydrogens (tertiary/aromatic N) is 4. The van der Waals surface area contributed by atoms with Crippen LogP contribution >= 0.6 is 11.6 Å². The van der Waals surface area contributed by atoms with E-state index < -0.39 is 21.1 Å². The Bertz CT molecular complexity index is 1130. The molecule has 0 amide bonds. The second kappa shape index (κ2) is 6.54. The average Bonchev–Trinajstić information content (AvgIpc) is 3.02. The molecule has 0 saturated carbocycles. The Hall–Kier alpha value is -2.72. The number of hydrogen-bond acceptors (Lipinski definition) is 7. The molecule has 2 heterocycles. The highest BCUT2D eigenvalue weighted by Crippen LogP contribution is 2.29. The molecule has 0 radical (unpaired) electrons. The lowest BCUT2D eigenvalue weighted by Gasteiger charge is -2.13. The van der Waals surface area contributed by atoms with Crippen molar-refractivity contribution in [3.8, 4) is 0 Å². The van der Waals surface area contributed by atoms with Crippen LogP contribution in [-0.4, -0.2) is 41.1 Å². The van der Waals surface area contributed by atoms with Crippen LogP contribution in [0.15, 0.2) is 29.6 Å². The van der Waals surface area contributed by atoms with Crippen molar-refractivity contribution in [2.45, 2.75) is 19.0 Å². The maximum Gasteiger partial charge on any atom is 0.340 e. The number of sulfonamides is 1. The third-order valence-corrected chi connectivity index (χ3v) is 5.14. The predicted octanol–water partition coefficient (Wildman–Crippen LogP) is 1.98. The second-order valence-electron chi connectivity index (χ2n) is 5.40. The molecule has 1 aromatic carbocycles. The highest BCUT2D eigenvalue weighted by molar-refractivity contribution is 7.92. The van der Waals surface area contributed by atoms with E-state index in [0.29, 0.717) is 11.3 Å². The van der Waals surface area contributed by atoms with E-state index in [0.717, 1.165) is 0 Å². The van der Waals surface area contributed by atoms with Gasteiger partial charge in [-0.05, 0) is 37.6 Å². The molecular formula is C15H14ClN5O4S. The van der Waals surface area contributed by atoms with Crippen LogP contribution in [0.3, 0.4) is 0 Å². The van der Waals surface area contributed by atoms with E-state index in [2.05, 4.69) is 19.8 Å². The van der Waals surface area contributed by atoms with E-state index in [1.54, 1.807) is 26.1 Å². The number of aromatic nitrogens is 4. The minimum atomic E-state index is -4.19. The summed E-state index contributed by atoms with van der Waals surface area (Å²) in [5.74, 6) is -0.566. The van der Waals surface area contributed by atoms with Gasteiger partial charge in [-0.25, -0.2) is 14.3 Å². The number of hydrogen-bond donors (Lipinski definition) is 1. The molecule has 0 saturated heterocycles. The van der Waals surface area contributed by atoms with E-state index in [1.165, 1.54) is 23.8 Å². The SMILES string of the molecule is COC(=O)c1ccc(Cl)c(C)c1NS(=O)(=O)c1nc2nc(C)ccn2n1. The van der Waals surface area contributed by atoms with Gasteiger partial charge in [0, 0.05) is 16.9 Å². The Morgan fingerprint density at radius 2 is 1.96 bits per heavy atom. The number of fused-ring (bicyclic) bond motifs is 1. The fraction of sp³-hybridized carbons (Fsp3) is 0.200. The van der Waals surface area contributed by atoms with Gasteiger partial charge in [0.25, 0.3) is 21.0 Å². The number of esters is 1. The summed E-state index contributed by atoms with van der Waals surface area (Å²) in [6, 6.07) is 4.53. The van der Waals surface area contributed by atoms with Crippen molar-refractivity contribution in [2.75, 3.05) is 11.8 Å². The highest BCUT2D eigenvalue weighted by Gasteiger charge is 2.25. The van der Waals surface area contributed by atoms with Crippen molar-refractivity contribution in [1.82, 2.24) is 19.6 Å². The van der Waals surface area contributed by atoms with Gasteiger partial charge in [0.15, 0.2) is 0 Å². The van der Waals surface area contributed by atoms with E-state index >= 15 is 0 Å². The molecule has 1 N–H and O–H groups in total. The molecule has 0 fully saturated rings. The topological polar surface area (TPSA) is 116 Å². The molecule has 0 atom stereocenters. The first-order valence-electron chi connectivity index (χ1n) is 7.33. The van der Waals surface area contributed by atoms with Crippen molar-refractivity contribution in [2.24, 2.45) is 0 Å². The van der Waals surface area contributed by atoms with Gasteiger partial charge < -0.3 is 4.74 Å². The third-order valence-electron chi connectivity index (χ3n) is 3.61. The lowest BCUT2D eigenvalue weighted by Crippen LogP contribution is -2.18. The van der Waals surface area contributed by atoms with Crippen LogP contribution in [-0.2, 0) is 14.8 Å². The number of benzene rings is 1. The van der Waals surface area contributed by atoms with E-state index in [4.69, 9.17) is 16.3 Å². The minimum absolute atomic E-state index is 0.00680. The molecule has 3 rings (SSSR count). The van der Waals surface area contributed by atoms with Crippen LogP contribution in [0.4, 0.5) is 5.69 Å². The first-order chi connectivity index (χ1) is 12.2. The molecule has 0 spiro atoms. The van der Waals surface area contributed by atoms with Crippen LogP contribution in [0, 0.1) is 13.8 Å². The molecular weight excluding hydrogens is 382 g/mol. The summed E-state index contributed by atoms with van der Waals surface area (Å²) in [6.07, 6.45) is 1.55. The number of ether oxygens (including phenoxy) is 1. The van der Waals surface area contributed by atoms with Gasteiger partial charge in [-0.3, -0.25) is 4.72 Å². The van der Waals surface area contributed by atoms with Crippen LogP contribution < -0.4 is 4.72 Å². The number of carbonyl (C=O) groups excluding carboxylic acids is 1. The van der Waals surface area contributed by atoms with Crippen molar-refractivity contribution in [3.05, 3.63) is 46.2 Å². The zero-order chi connectivity index (χ0) is 19.1. The molecule has 0 aliphatic heterocycles. The van der Waals surface area contributed by atoms with Gasteiger partial charge in [0.2, 0.25) is 0 Å². The van der Waals surface area contributed by atoms with E-state index in [1.807, 2.05) is 0 Å². The van der Waals surface area contributed by atoms with Crippen LogP contribution in [0.25, 0.3) is 5.78 Å². The van der Waals surface area contributed by atoms with Gasteiger partial charge >= 0.3 is 5.97 Å². The smallest absolute Gasteiger partial charge is 0.340 e. The quantitative estimate of drug-likeness (QED) is 0.671. The van der Waals surface area contributed by atoms with E-state index in [9.17, 15) is 13.2 Å². The van der Waals surface area contributed by atoms with Crippen LogP contribution in [0.1, 0.15) is 21.6 Å². The molecule has 0 aliphatic rings. The minimum Gasteiger partial charge on any atom is -0.465 e. The first kappa shape index (κ1) is 18.1. The Morgan fingerprint density at radius 1 is 1.23 bits per heavy atom. The molecule has 136 valence electrons. The normalized spacial score (nSPS) is 11.5. The molecule has 26 heavy (non-hydrogen) atoms. The Labute approximate surface area is 154 Å². The molecule has 0 bridgehead atoms. The highest BCUT2D eigenvalue weighted by atomic mass is 35.5. The lowest BCUT2D eigenvalue weighted by atomic mass is 10.1. The van der Waals surface area contributed by atoms with Crippen molar-refractivity contribution < 1.29 is 17.9 Å². The summed E-state index contributed by atoms with van der Waals surface area (Å²) in [6.45, 7) is 3.33. The summed E-state index contributed by atoms with van der Waals surface area (Å²) in [7, 11) is -2.99. The molecule has 2 aromatic heterocycles. The Kier molecular flexibility index (Phi) is 4.55. The van der Waals surface area contributed by atoms with Crippen LogP contribution in [0.5, 0.6) is 0 Å². The van der Waals surface area contributed by atoms with Gasteiger partial charge in [0.05, 0.1) is 18.4 Å². The van der Waals surface area contributed by atoms with Crippen molar-refractivity contribution >= 4 is 39.1 Å². The molecule has 3 aromatic rings. The Balaban J connectivity index is 2.09. The summed E-state index contributed by atoms with van der Waals surface area (Å²) in [4.78, 5) is 20.0. The van der Waals surface area contributed by atoms with Crippen LogP contribution in [0.2, 0.25) is 5.02 Å². The zero-order valence-electron chi connectivity index (χ0n) is 14.0. The Morgan fingerprint density at radius 3 is 2.65 bits per heavy atom. The van der Waals surface area contributed by atoms with Gasteiger partial charge in [-0.1, -0.05) is 11.6 Å². The number of halogens is 1. The number of nitrogens with one attached hydrogen (secondary N) is 1. The molecule has 0 unspecified atom stereocenters. The zero-order valence-corrected chi connectivity index (χ0v) is 15.6. The summed E-state index contributed by atoms with van der Waals surface area (Å²) < 4.78 is 33.7. The lowest BCUT2D eigenvalue weighted by molar-refractivity contribution is 0.0602. The fourth-order valence-corrected chi connectivity index (χ4v) is 3.42. The fourth-order valence-electron chi connectivity index (χ4n) is 2.24. The predicted molar refractivity (Wildman–Crippen MR) is 93.9 cm³/mol. The molecule has 0 aliphatic carbocycles. The first-order valence-corrected chi connectivity index (χ1v) is 9.19. The van der Waals surface area contributed by atoms with Gasteiger partial charge in [-0.15, -0.1) is 5.10 Å². The van der Waals surface area contributed by atoms with Crippen molar-refractivity contribution in [3.63, 3.8) is 0 Å². The van der Waals surface area contributed by atoms with Crippen molar-refractivity contribution in [1.29, 1.82) is 0 Å². The number of carbonyl (C=O) groups is 1. The third kappa shape index (κ3) is 3.20. The number of rotatable bonds is 4. The second-order valence-corrected chi connectivity index (χ2v) is 7.38. The average molecular weight is 396 g/mol. The molecule has 9 nitrogen and oxygen atoms in total. The maximum atomic E-state index is 12.7. The summed E-state index contributed by atoms with van der Waals surface area (Å²) >= 11 is 6.06. The summed E-state index contributed by atoms with van der Waals surface area (Å²) in [5.41, 5.74) is 1.07.